The van der Waals surface area contributed by atoms with Crippen molar-refractivity contribution in [3.63, 3.8) is 0 Å². The zero-order valence-electron chi connectivity index (χ0n) is 12.1. The summed E-state index contributed by atoms with van der Waals surface area (Å²) in [5, 5.41) is 3.39. The summed E-state index contributed by atoms with van der Waals surface area (Å²) in [6, 6.07) is 0. The summed E-state index contributed by atoms with van der Waals surface area (Å²) in [4.78, 5) is 12.3. The third-order valence-electron chi connectivity index (χ3n) is 3.25. The van der Waals surface area contributed by atoms with Crippen LogP contribution in [0.15, 0.2) is 0 Å². The maximum absolute atomic E-state index is 12.3. The molecule has 1 unspecified atom stereocenters. The molecule has 18 heavy (non-hydrogen) atoms. The van der Waals surface area contributed by atoms with E-state index in [1.165, 1.54) is 0 Å². The molecule has 1 N–H and O–H groups in total. The van der Waals surface area contributed by atoms with E-state index in [0.29, 0.717) is 19.1 Å². The van der Waals surface area contributed by atoms with Gasteiger partial charge in [-0.1, -0.05) is 6.92 Å². The van der Waals surface area contributed by atoms with E-state index in [1.807, 2.05) is 20.8 Å². The second-order valence-electron chi connectivity index (χ2n) is 5.25. The number of hydrogen-bond acceptors (Lipinski definition) is 4. The Morgan fingerprint density at radius 2 is 2.06 bits per heavy atom. The Hall–Kier alpha value is -0.610. The van der Waals surface area contributed by atoms with Gasteiger partial charge in [0, 0.05) is 0 Å². The lowest BCUT2D eigenvalue weighted by molar-refractivity contribution is -0.156. The Balaban J connectivity index is 2.75. The van der Waals surface area contributed by atoms with Crippen LogP contribution in [0.4, 0.5) is 0 Å². The van der Waals surface area contributed by atoms with Crippen LogP contribution in [0.2, 0.25) is 0 Å². The van der Waals surface area contributed by atoms with Crippen LogP contribution in [0.25, 0.3) is 0 Å². The number of carbonyl (C=O) groups is 1. The molecule has 106 valence electrons. The summed E-state index contributed by atoms with van der Waals surface area (Å²) in [5.74, 6) is 0.212. The Bertz CT molecular complexity index is 264. The summed E-state index contributed by atoms with van der Waals surface area (Å²) in [7, 11) is 0. The van der Waals surface area contributed by atoms with Crippen LogP contribution in [-0.4, -0.2) is 37.4 Å². The molecule has 1 rings (SSSR count). The smallest absolute Gasteiger partial charge is 0.329 e. The van der Waals surface area contributed by atoms with Gasteiger partial charge in [-0.25, -0.2) is 4.79 Å². The van der Waals surface area contributed by atoms with Crippen LogP contribution in [0.5, 0.6) is 0 Å². The van der Waals surface area contributed by atoms with E-state index in [9.17, 15) is 4.79 Å². The van der Waals surface area contributed by atoms with Crippen molar-refractivity contribution in [2.24, 2.45) is 5.92 Å². The molecule has 0 spiro atoms. The monoisotopic (exact) mass is 257 g/mol. The van der Waals surface area contributed by atoms with Gasteiger partial charge in [-0.15, -0.1) is 0 Å². The van der Waals surface area contributed by atoms with Gasteiger partial charge in [0.05, 0.1) is 19.3 Å². The van der Waals surface area contributed by atoms with Gasteiger partial charge in [0.25, 0.3) is 0 Å². The average molecular weight is 257 g/mol. The van der Waals surface area contributed by atoms with Crippen LogP contribution in [-0.2, 0) is 14.3 Å². The highest BCUT2D eigenvalue weighted by molar-refractivity contribution is 5.82. The Morgan fingerprint density at radius 3 is 2.50 bits per heavy atom. The lowest BCUT2D eigenvalue weighted by Gasteiger charge is -2.33. The Kier molecular flexibility index (Phi) is 6.09. The molecule has 1 aliphatic rings. The highest BCUT2D eigenvalue weighted by Crippen LogP contribution is 2.41. The van der Waals surface area contributed by atoms with Gasteiger partial charge in [-0.05, 0) is 52.5 Å². The molecular weight excluding hydrogens is 230 g/mol. The molecule has 0 radical (unpaired) electrons. The normalized spacial score (nSPS) is 18.7. The minimum atomic E-state index is -0.629. The minimum Gasteiger partial charge on any atom is -0.465 e. The highest BCUT2D eigenvalue weighted by Gasteiger charge is 2.52. The van der Waals surface area contributed by atoms with Gasteiger partial charge in [0.15, 0.2) is 0 Å². The molecule has 1 saturated carbocycles. The zero-order chi connectivity index (χ0) is 13.6. The van der Waals surface area contributed by atoms with Gasteiger partial charge in [-0.3, -0.25) is 5.32 Å². The first-order chi connectivity index (χ1) is 8.56. The van der Waals surface area contributed by atoms with Gasteiger partial charge in [0.1, 0.15) is 5.54 Å². The fourth-order valence-corrected chi connectivity index (χ4v) is 2.09. The minimum absolute atomic E-state index is 0.126. The number of ether oxygens (including phenoxy) is 2. The second kappa shape index (κ2) is 7.10. The first-order valence-corrected chi connectivity index (χ1v) is 7.10. The largest absolute Gasteiger partial charge is 0.465 e. The van der Waals surface area contributed by atoms with E-state index in [-0.39, 0.29) is 12.1 Å². The van der Waals surface area contributed by atoms with Crippen molar-refractivity contribution in [2.75, 3.05) is 19.8 Å². The molecule has 1 atom stereocenters. The predicted octanol–water partition coefficient (Wildman–Crippen LogP) is 2.12. The molecule has 0 amide bonds. The van der Waals surface area contributed by atoms with Crippen molar-refractivity contribution in [1.82, 2.24) is 5.32 Å². The van der Waals surface area contributed by atoms with Crippen molar-refractivity contribution >= 4 is 5.97 Å². The molecular formula is C14H27NO3. The van der Waals surface area contributed by atoms with Crippen molar-refractivity contribution in [2.45, 2.75) is 58.6 Å². The molecule has 0 aromatic heterocycles. The lowest BCUT2D eigenvalue weighted by Crippen LogP contribution is -2.58. The second-order valence-corrected chi connectivity index (χ2v) is 5.25. The van der Waals surface area contributed by atoms with Crippen LogP contribution in [0.3, 0.4) is 0 Å². The van der Waals surface area contributed by atoms with Gasteiger partial charge in [0.2, 0.25) is 0 Å². The third kappa shape index (κ3) is 3.95. The maximum Gasteiger partial charge on any atom is 0.329 e. The zero-order valence-corrected chi connectivity index (χ0v) is 12.1. The highest BCUT2D eigenvalue weighted by atomic mass is 16.5. The lowest BCUT2D eigenvalue weighted by atomic mass is 9.93. The van der Waals surface area contributed by atoms with Gasteiger partial charge in [-0.2, -0.15) is 0 Å². The van der Waals surface area contributed by atoms with Crippen LogP contribution in [0.1, 0.15) is 47.0 Å². The van der Waals surface area contributed by atoms with E-state index < -0.39 is 5.54 Å². The number of rotatable bonds is 9. The number of esters is 1. The first-order valence-electron chi connectivity index (χ1n) is 7.10. The SMILES string of the molecule is CCCNC(COC(C)C)(C(=O)OCC)C1CC1. The summed E-state index contributed by atoms with van der Waals surface area (Å²) < 4.78 is 11.0. The third-order valence-corrected chi connectivity index (χ3v) is 3.25. The maximum atomic E-state index is 12.3. The van der Waals surface area contributed by atoms with Crippen LogP contribution in [0, 0.1) is 5.92 Å². The van der Waals surface area contributed by atoms with E-state index in [4.69, 9.17) is 9.47 Å². The fourth-order valence-electron chi connectivity index (χ4n) is 2.09. The van der Waals surface area contributed by atoms with Gasteiger partial charge < -0.3 is 9.47 Å². The summed E-state index contributed by atoms with van der Waals surface area (Å²) in [6.07, 6.45) is 3.28. The molecule has 0 aliphatic heterocycles. The van der Waals surface area contributed by atoms with Crippen molar-refractivity contribution < 1.29 is 14.3 Å². The van der Waals surface area contributed by atoms with Crippen LogP contribution < -0.4 is 5.32 Å². The molecule has 4 heteroatoms. The standard InChI is InChI=1S/C14H27NO3/c1-5-9-15-14(12-7-8-12,10-18-11(3)4)13(16)17-6-2/h11-12,15H,5-10H2,1-4H3. The molecule has 0 heterocycles. The van der Waals surface area contributed by atoms with Crippen molar-refractivity contribution in [1.29, 1.82) is 0 Å². The number of nitrogens with one attached hydrogen (secondary N) is 1. The van der Waals surface area contributed by atoms with Gasteiger partial charge >= 0.3 is 5.97 Å². The predicted molar refractivity (Wildman–Crippen MR) is 71.5 cm³/mol. The van der Waals surface area contributed by atoms with Crippen molar-refractivity contribution in [3.8, 4) is 0 Å². The number of carbonyl (C=O) groups excluding carboxylic acids is 1. The van der Waals surface area contributed by atoms with Crippen molar-refractivity contribution in [3.05, 3.63) is 0 Å². The molecule has 4 nitrogen and oxygen atoms in total. The molecule has 0 aromatic rings. The van der Waals surface area contributed by atoms with Crippen LogP contribution >= 0.6 is 0 Å². The quantitative estimate of drug-likeness (QED) is 0.643. The average Bonchev–Trinajstić information content (AvgIpc) is 3.14. The van der Waals surface area contributed by atoms with E-state index in [2.05, 4.69) is 12.2 Å². The van der Waals surface area contributed by atoms with E-state index >= 15 is 0 Å². The summed E-state index contributed by atoms with van der Waals surface area (Å²) >= 11 is 0. The fraction of sp³-hybridized carbons (Fsp3) is 0.929. The Labute approximate surface area is 110 Å². The molecule has 0 saturated heterocycles. The molecule has 1 fully saturated rings. The molecule has 1 aliphatic carbocycles. The molecule has 0 bridgehead atoms. The Morgan fingerprint density at radius 1 is 1.39 bits per heavy atom. The summed E-state index contributed by atoms with van der Waals surface area (Å²) in [5.41, 5.74) is -0.629. The first kappa shape index (κ1) is 15.4. The number of hydrogen-bond donors (Lipinski definition) is 1. The van der Waals surface area contributed by atoms with E-state index in [0.717, 1.165) is 25.8 Å². The topological polar surface area (TPSA) is 47.6 Å². The molecule has 0 aromatic carbocycles. The summed E-state index contributed by atoms with van der Waals surface area (Å²) in [6.45, 7) is 9.57. The van der Waals surface area contributed by atoms with E-state index in [1.54, 1.807) is 0 Å².